The second-order valence-corrected chi connectivity index (χ2v) is 7.00. The van der Waals surface area contributed by atoms with Crippen molar-refractivity contribution in [3.8, 4) is 0 Å². The molecule has 0 atom stereocenters. The summed E-state index contributed by atoms with van der Waals surface area (Å²) < 4.78 is 4.83. The topological polar surface area (TPSA) is 62.4 Å². The van der Waals surface area contributed by atoms with Gasteiger partial charge < -0.3 is 14.6 Å². The highest BCUT2D eigenvalue weighted by atomic mass is 16.5. The van der Waals surface area contributed by atoms with Gasteiger partial charge in [0.1, 0.15) is 0 Å². The van der Waals surface area contributed by atoms with Crippen LogP contribution in [0.1, 0.15) is 32.7 Å². The zero-order chi connectivity index (χ0) is 19.0. The van der Waals surface area contributed by atoms with E-state index in [9.17, 15) is 9.59 Å². The molecule has 1 aliphatic rings. The van der Waals surface area contributed by atoms with E-state index in [1.54, 1.807) is 6.07 Å². The number of H-pyrrole nitrogens is 1. The van der Waals surface area contributed by atoms with E-state index < -0.39 is 0 Å². The number of methoxy groups -OCH3 is 1. The maximum absolute atomic E-state index is 12.9. The number of esters is 1. The average molecular weight is 362 g/mol. The Morgan fingerprint density at radius 3 is 2.78 bits per heavy atom. The Morgan fingerprint density at radius 2 is 2.00 bits per heavy atom. The molecule has 0 spiro atoms. The minimum atomic E-state index is -0.352. The van der Waals surface area contributed by atoms with E-state index in [1.807, 2.05) is 48.2 Å². The van der Waals surface area contributed by atoms with Crippen molar-refractivity contribution >= 4 is 22.8 Å². The van der Waals surface area contributed by atoms with Crippen molar-refractivity contribution in [2.75, 3.05) is 13.7 Å². The zero-order valence-corrected chi connectivity index (χ0v) is 15.5. The second-order valence-electron chi connectivity index (χ2n) is 7.00. The molecule has 27 heavy (non-hydrogen) atoms. The Kier molecular flexibility index (Phi) is 4.44. The number of nitrogens with zero attached hydrogens (tertiary/aromatic N) is 1. The van der Waals surface area contributed by atoms with Gasteiger partial charge in [0, 0.05) is 41.7 Å². The van der Waals surface area contributed by atoms with Crippen LogP contribution in [0.15, 0.2) is 42.5 Å². The maximum atomic E-state index is 12.9. The van der Waals surface area contributed by atoms with E-state index >= 15 is 0 Å². The first kappa shape index (κ1) is 17.3. The molecule has 0 saturated heterocycles. The molecule has 3 aromatic rings. The molecule has 1 aliphatic heterocycles. The van der Waals surface area contributed by atoms with E-state index in [0.29, 0.717) is 25.1 Å². The van der Waals surface area contributed by atoms with Gasteiger partial charge in [0.15, 0.2) is 0 Å². The molecule has 5 nitrogen and oxygen atoms in total. The molecule has 4 rings (SSSR count). The number of hydrogen-bond donors (Lipinski definition) is 1. The molecular formula is C22H22N2O3. The largest absolute Gasteiger partial charge is 0.465 e. The van der Waals surface area contributed by atoms with Gasteiger partial charge in [0.25, 0.3) is 0 Å². The molecule has 0 unspecified atom stereocenters. The van der Waals surface area contributed by atoms with Gasteiger partial charge in [0.2, 0.25) is 5.91 Å². The standard InChI is InChI=1S/C22H22N2O3/c1-14-5-3-4-6-15(14)12-21(25)24-10-9-20-18(13-24)17-11-16(22(26)27-2)7-8-19(17)23-20/h3-8,11,23H,9-10,12-13H2,1-2H3. The van der Waals surface area contributed by atoms with Gasteiger partial charge in [-0.15, -0.1) is 0 Å². The van der Waals surface area contributed by atoms with Gasteiger partial charge in [-0.05, 0) is 36.2 Å². The second kappa shape index (κ2) is 6.91. The summed E-state index contributed by atoms with van der Waals surface area (Å²) in [5, 5.41) is 0.987. The highest BCUT2D eigenvalue weighted by Gasteiger charge is 2.24. The smallest absolute Gasteiger partial charge is 0.337 e. The third-order valence-corrected chi connectivity index (χ3v) is 5.35. The van der Waals surface area contributed by atoms with Crippen molar-refractivity contribution in [2.45, 2.75) is 26.3 Å². The fourth-order valence-electron chi connectivity index (χ4n) is 3.76. The average Bonchev–Trinajstić information content (AvgIpc) is 3.06. The predicted molar refractivity (Wildman–Crippen MR) is 104 cm³/mol. The number of aromatic nitrogens is 1. The van der Waals surface area contributed by atoms with Gasteiger partial charge >= 0.3 is 5.97 Å². The molecule has 5 heteroatoms. The number of benzene rings is 2. The molecule has 0 saturated carbocycles. The first-order valence-corrected chi connectivity index (χ1v) is 9.11. The third kappa shape index (κ3) is 3.21. The number of amides is 1. The maximum Gasteiger partial charge on any atom is 0.337 e. The Balaban J connectivity index is 1.61. The number of aryl methyl sites for hydroxylation is 1. The molecule has 2 heterocycles. The third-order valence-electron chi connectivity index (χ3n) is 5.35. The van der Waals surface area contributed by atoms with Crippen molar-refractivity contribution < 1.29 is 14.3 Å². The number of rotatable bonds is 3. The normalized spacial score (nSPS) is 13.5. The molecular weight excluding hydrogens is 340 g/mol. The first-order chi connectivity index (χ1) is 13.1. The lowest BCUT2D eigenvalue weighted by atomic mass is 10.0. The molecule has 0 bridgehead atoms. The number of hydrogen-bond acceptors (Lipinski definition) is 3. The van der Waals surface area contributed by atoms with Crippen molar-refractivity contribution in [1.82, 2.24) is 9.88 Å². The number of ether oxygens (including phenoxy) is 1. The lowest BCUT2D eigenvalue weighted by Crippen LogP contribution is -2.36. The minimum absolute atomic E-state index is 0.133. The zero-order valence-electron chi connectivity index (χ0n) is 15.5. The molecule has 1 amide bonds. The van der Waals surface area contributed by atoms with Crippen molar-refractivity contribution in [3.63, 3.8) is 0 Å². The summed E-state index contributed by atoms with van der Waals surface area (Å²) in [5.74, 6) is -0.219. The number of carbonyl (C=O) groups excluding carboxylic acids is 2. The fraction of sp³-hybridized carbons (Fsp3) is 0.273. The molecule has 0 fully saturated rings. The van der Waals surface area contributed by atoms with E-state index in [2.05, 4.69) is 4.98 Å². The van der Waals surface area contributed by atoms with Crippen LogP contribution in [0.25, 0.3) is 10.9 Å². The minimum Gasteiger partial charge on any atom is -0.465 e. The van der Waals surface area contributed by atoms with Crippen molar-refractivity contribution in [3.05, 3.63) is 70.4 Å². The highest BCUT2D eigenvalue weighted by Crippen LogP contribution is 2.29. The number of carbonyl (C=O) groups is 2. The van der Waals surface area contributed by atoms with Gasteiger partial charge in [-0.25, -0.2) is 4.79 Å². The lowest BCUT2D eigenvalue weighted by Gasteiger charge is -2.27. The summed E-state index contributed by atoms with van der Waals surface area (Å²) >= 11 is 0. The van der Waals surface area contributed by atoms with Crippen LogP contribution in [-0.2, 0) is 28.9 Å². The molecule has 1 aromatic heterocycles. The van der Waals surface area contributed by atoms with Gasteiger partial charge in [-0.1, -0.05) is 24.3 Å². The Hall–Kier alpha value is -3.08. The number of fused-ring (bicyclic) bond motifs is 3. The highest BCUT2D eigenvalue weighted by molar-refractivity contribution is 5.96. The van der Waals surface area contributed by atoms with Crippen LogP contribution in [0.5, 0.6) is 0 Å². The molecule has 138 valence electrons. The van der Waals surface area contributed by atoms with E-state index in [4.69, 9.17) is 4.74 Å². The van der Waals surface area contributed by atoms with E-state index in [1.165, 1.54) is 7.11 Å². The van der Waals surface area contributed by atoms with Gasteiger partial charge in [0.05, 0.1) is 19.1 Å². The van der Waals surface area contributed by atoms with Crippen LogP contribution in [0.4, 0.5) is 0 Å². The van der Waals surface area contributed by atoms with Gasteiger partial charge in [-0.3, -0.25) is 4.79 Å². The van der Waals surface area contributed by atoms with E-state index in [0.717, 1.165) is 39.7 Å². The van der Waals surface area contributed by atoms with Crippen LogP contribution >= 0.6 is 0 Å². The SMILES string of the molecule is COC(=O)c1ccc2[nH]c3c(c2c1)CN(C(=O)Cc1ccccc1C)CC3. The summed E-state index contributed by atoms with van der Waals surface area (Å²) in [5.41, 5.74) is 5.96. The monoisotopic (exact) mass is 362 g/mol. The Morgan fingerprint density at radius 1 is 1.19 bits per heavy atom. The van der Waals surface area contributed by atoms with Crippen LogP contribution in [-0.4, -0.2) is 35.4 Å². The summed E-state index contributed by atoms with van der Waals surface area (Å²) in [7, 11) is 1.38. The summed E-state index contributed by atoms with van der Waals surface area (Å²) in [6.07, 6.45) is 1.20. The van der Waals surface area contributed by atoms with Crippen LogP contribution in [0, 0.1) is 6.92 Å². The van der Waals surface area contributed by atoms with Crippen molar-refractivity contribution in [1.29, 1.82) is 0 Å². The predicted octanol–water partition coefficient (Wildman–Crippen LogP) is 3.39. The summed E-state index contributed by atoms with van der Waals surface area (Å²) in [6, 6.07) is 13.5. The van der Waals surface area contributed by atoms with Crippen LogP contribution < -0.4 is 0 Å². The number of nitrogens with one attached hydrogen (secondary N) is 1. The first-order valence-electron chi connectivity index (χ1n) is 9.11. The molecule has 1 N–H and O–H groups in total. The Bertz CT molecular complexity index is 1040. The van der Waals surface area contributed by atoms with Crippen LogP contribution in [0.2, 0.25) is 0 Å². The molecule has 0 radical (unpaired) electrons. The van der Waals surface area contributed by atoms with E-state index in [-0.39, 0.29) is 11.9 Å². The van der Waals surface area contributed by atoms with Crippen molar-refractivity contribution in [2.24, 2.45) is 0 Å². The molecule has 2 aromatic carbocycles. The van der Waals surface area contributed by atoms with Gasteiger partial charge in [-0.2, -0.15) is 0 Å². The fourth-order valence-corrected chi connectivity index (χ4v) is 3.76. The summed E-state index contributed by atoms with van der Waals surface area (Å²) in [6.45, 7) is 3.30. The lowest BCUT2D eigenvalue weighted by molar-refractivity contribution is -0.131. The Labute approximate surface area is 157 Å². The molecule has 0 aliphatic carbocycles. The number of aromatic amines is 1. The van der Waals surface area contributed by atoms with Crippen LogP contribution in [0.3, 0.4) is 0 Å². The quantitative estimate of drug-likeness (QED) is 0.727. The summed E-state index contributed by atoms with van der Waals surface area (Å²) in [4.78, 5) is 30.0.